The fourth-order valence-corrected chi connectivity index (χ4v) is 3.10. The number of carbonyl (C=O) groups excluding carboxylic acids is 1. The first-order valence-corrected chi connectivity index (χ1v) is 10.9. The number of carbonyl (C=O) groups is 1. The van der Waals surface area contributed by atoms with Crippen LogP contribution in [0, 0.1) is 11.7 Å². The first-order valence-electron chi connectivity index (χ1n) is 10.9. The van der Waals surface area contributed by atoms with Gasteiger partial charge in [0.25, 0.3) is 0 Å². The Morgan fingerprint density at radius 2 is 1.87 bits per heavy atom. The van der Waals surface area contributed by atoms with Gasteiger partial charge in [-0.25, -0.2) is 4.39 Å². The largest absolute Gasteiger partial charge is 0.381 e. The minimum atomic E-state index is -0.301. The quantitative estimate of drug-likeness (QED) is 0.161. The zero-order valence-corrected chi connectivity index (χ0v) is 20.7. The second-order valence-electron chi connectivity index (χ2n) is 7.32. The van der Waals surface area contributed by atoms with Gasteiger partial charge in [0.1, 0.15) is 5.82 Å². The molecule has 3 N–H and O–H groups in total. The predicted octanol–water partition coefficient (Wildman–Crippen LogP) is 2.49. The van der Waals surface area contributed by atoms with Crippen LogP contribution in [0.2, 0.25) is 0 Å². The Labute approximate surface area is 202 Å². The summed E-state index contributed by atoms with van der Waals surface area (Å²) in [6, 6.07) is 5.96. The lowest BCUT2D eigenvalue weighted by Gasteiger charge is -2.21. The lowest BCUT2D eigenvalue weighted by molar-refractivity contribution is -0.120. The van der Waals surface area contributed by atoms with Crippen molar-refractivity contribution in [1.82, 2.24) is 16.0 Å². The second kappa shape index (κ2) is 17.1. The highest BCUT2D eigenvalue weighted by atomic mass is 127. The van der Waals surface area contributed by atoms with E-state index in [0.717, 1.165) is 57.2 Å². The standard InChI is InChI=1S/C22H35FN4O3.HI/c1-2-24-22(26-10-3-13-30-17-19-8-14-29-15-9-19)27-12-11-25-21(28)16-18-4-6-20(23)7-5-18;/h4-7,19H,2-3,8-17H2,1H3,(H,25,28)(H2,24,26,27);1H. The minimum Gasteiger partial charge on any atom is -0.381 e. The van der Waals surface area contributed by atoms with Crippen LogP contribution in [0.15, 0.2) is 29.3 Å². The number of nitrogens with zero attached hydrogens (tertiary/aromatic N) is 1. The molecule has 0 aliphatic carbocycles. The number of rotatable bonds is 12. The molecule has 31 heavy (non-hydrogen) atoms. The molecule has 1 amide bonds. The van der Waals surface area contributed by atoms with Crippen LogP contribution in [-0.4, -0.2) is 64.5 Å². The molecule has 1 heterocycles. The number of ether oxygens (including phenoxy) is 2. The van der Waals surface area contributed by atoms with E-state index in [1.54, 1.807) is 12.1 Å². The van der Waals surface area contributed by atoms with Crippen LogP contribution in [-0.2, 0) is 20.7 Å². The topological polar surface area (TPSA) is 84.0 Å². The number of hydrogen-bond acceptors (Lipinski definition) is 4. The van der Waals surface area contributed by atoms with Crippen molar-refractivity contribution in [2.75, 3.05) is 52.6 Å². The van der Waals surface area contributed by atoms with Crippen LogP contribution in [0.1, 0.15) is 31.7 Å². The Morgan fingerprint density at radius 3 is 2.58 bits per heavy atom. The van der Waals surface area contributed by atoms with Gasteiger partial charge in [-0.1, -0.05) is 12.1 Å². The van der Waals surface area contributed by atoms with E-state index in [-0.39, 0.29) is 42.1 Å². The maximum atomic E-state index is 12.9. The molecule has 0 unspecified atom stereocenters. The molecule has 1 aromatic carbocycles. The number of amides is 1. The smallest absolute Gasteiger partial charge is 0.224 e. The van der Waals surface area contributed by atoms with Gasteiger partial charge >= 0.3 is 0 Å². The Kier molecular flexibility index (Phi) is 15.2. The van der Waals surface area contributed by atoms with E-state index < -0.39 is 0 Å². The summed E-state index contributed by atoms with van der Waals surface area (Å²) in [6.07, 6.45) is 3.29. The van der Waals surface area contributed by atoms with Gasteiger partial charge in [0, 0.05) is 52.6 Å². The Bertz CT molecular complexity index is 640. The number of aliphatic imine (C=N–C) groups is 1. The maximum Gasteiger partial charge on any atom is 0.224 e. The van der Waals surface area contributed by atoms with E-state index in [9.17, 15) is 9.18 Å². The summed E-state index contributed by atoms with van der Waals surface area (Å²) in [6.45, 7) is 7.73. The molecular formula is C22H36FIN4O3. The van der Waals surface area contributed by atoms with Gasteiger partial charge in [0.05, 0.1) is 6.42 Å². The van der Waals surface area contributed by atoms with E-state index in [2.05, 4.69) is 20.9 Å². The summed E-state index contributed by atoms with van der Waals surface area (Å²) in [5.74, 6) is 0.964. The molecule has 1 aliphatic rings. The Balaban J connectivity index is 0.00000480. The summed E-state index contributed by atoms with van der Waals surface area (Å²) >= 11 is 0. The molecule has 1 fully saturated rings. The number of hydrogen-bond donors (Lipinski definition) is 3. The zero-order chi connectivity index (χ0) is 21.4. The third kappa shape index (κ3) is 12.9. The van der Waals surface area contributed by atoms with Gasteiger partial charge in [-0.05, 0) is 49.8 Å². The summed E-state index contributed by atoms with van der Waals surface area (Å²) in [5, 5.41) is 9.26. The Morgan fingerprint density at radius 1 is 1.16 bits per heavy atom. The molecule has 176 valence electrons. The second-order valence-corrected chi connectivity index (χ2v) is 7.32. The number of guanidine groups is 1. The molecule has 1 aromatic rings. The highest BCUT2D eigenvalue weighted by Gasteiger charge is 2.13. The van der Waals surface area contributed by atoms with Crippen LogP contribution in [0.25, 0.3) is 0 Å². The van der Waals surface area contributed by atoms with Crippen molar-refractivity contribution in [1.29, 1.82) is 0 Å². The summed E-state index contributed by atoms with van der Waals surface area (Å²) < 4.78 is 24.0. The molecule has 0 spiro atoms. The lowest BCUT2D eigenvalue weighted by atomic mass is 10.0. The third-order valence-corrected chi connectivity index (χ3v) is 4.77. The van der Waals surface area contributed by atoms with Gasteiger partial charge in [-0.15, -0.1) is 24.0 Å². The fourth-order valence-electron chi connectivity index (χ4n) is 3.10. The lowest BCUT2D eigenvalue weighted by Crippen LogP contribution is -2.41. The predicted molar refractivity (Wildman–Crippen MR) is 131 cm³/mol. The van der Waals surface area contributed by atoms with E-state index in [4.69, 9.17) is 9.47 Å². The van der Waals surface area contributed by atoms with Crippen LogP contribution in [0.5, 0.6) is 0 Å². The number of halogens is 2. The molecule has 9 heteroatoms. The van der Waals surface area contributed by atoms with Crippen molar-refractivity contribution in [2.24, 2.45) is 10.9 Å². The van der Waals surface area contributed by atoms with E-state index in [1.807, 2.05) is 6.92 Å². The first-order chi connectivity index (χ1) is 14.7. The summed E-state index contributed by atoms with van der Waals surface area (Å²) in [7, 11) is 0. The van der Waals surface area contributed by atoms with Crippen LogP contribution in [0.4, 0.5) is 4.39 Å². The molecule has 2 rings (SSSR count). The van der Waals surface area contributed by atoms with Crippen LogP contribution < -0.4 is 16.0 Å². The molecular weight excluding hydrogens is 514 g/mol. The molecule has 1 aliphatic heterocycles. The SMILES string of the molecule is CCNC(=NCCCOCC1CCOCC1)NCCNC(=O)Cc1ccc(F)cc1.I. The normalized spacial score (nSPS) is 14.6. The number of nitrogens with one attached hydrogen (secondary N) is 3. The summed E-state index contributed by atoms with van der Waals surface area (Å²) in [5.41, 5.74) is 0.788. The van der Waals surface area contributed by atoms with Crippen molar-refractivity contribution < 1.29 is 18.7 Å². The highest BCUT2D eigenvalue weighted by molar-refractivity contribution is 14.0. The average molecular weight is 550 g/mol. The number of benzene rings is 1. The minimum absolute atomic E-state index is 0. The fraction of sp³-hybridized carbons (Fsp3) is 0.636. The zero-order valence-electron chi connectivity index (χ0n) is 18.3. The molecule has 0 radical (unpaired) electrons. The average Bonchev–Trinajstić information content (AvgIpc) is 2.76. The van der Waals surface area contributed by atoms with Gasteiger partial charge in [-0.2, -0.15) is 0 Å². The molecule has 0 aromatic heterocycles. The van der Waals surface area contributed by atoms with Crippen molar-refractivity contribution >= 4 is 35.8 Å². The summed E-state index contributed by atoms with van der Waals surface area (Å²) in [4.78, 5) is 16.5. The third-order valence-electron chi connectivity index (χ3n) is 4.77. The van der Waals surface area contributed by atoms with Gasteiger partial charge in [0.15, 0.2) is 5.96 Å². The van der Waals surface area contributed by atoms with E-state index >= 15 is 0 Å². The van der Waals surface area contributed by atoms with Crippen molar-refractivity contribution in [3.05, 3.63) is 35.6 Å². The highest BCUT2D eigenvalue weighted by Crippen LogP contribution is 2.14. The van der Waals surface area contributed by atoms with Gasteiger partial charge in [-0.3, -0.25) is 9.79 Å². The maximum absolute atomic E-state index is 12.9. The van der Waals surface area contributed by atoms with Gasteiger partial charge in [0.2, 0.25) is 5.91 Å². The van der Waals surface area contributed by atoms with E-state index in [1.165, 1.54) is 12.1 Å². The van der Waals surface area contributed by atoms with Gasteiger partial charge < -0.3 is 25.4 Å². The van der Waals surface area contributed by atoms with Crippen LogP contribution >= 0.6 is 24.0 Å². The van der Waals surface area contributed by atoms with Crippen LogP contribution in [0.3, 0.4) is 0 Å². The van der Waals surface area contributed by atoms with E-state index in [0.29, 0.717) is 32.2 Å². The van der Waals surface area contributed by atoms with Crippen molar-refractivity contribution in [3.8, 4) is 0 Å². The molecule has 7 nitrogen and oxygen atoms in total. The first kappa shape index (κ1) is 27.6. The molecule has 0 atom stereocenters. The monoisotopic (exact) mass is 550 g/mol. The molecule has 0 saturated carbocycles. The van der Waals surface area contributed by atoms with Crippen molar-refractivity contribution in [3.63, 3.8) is 0 Å². The molecule has 0 bridgehead atoms. The van der Waals surface area contributed by atoms with Crippen molar-refractivity contribution in [2.45, 2.75) is 32.6 Å². The molecule has 1 saturated heterocycles. The Hall–Kier alpha value is -1.46.